The minimum Gasteiger partial charge on any atom is -0.294 e. The third-order valence-electron chi connectivity index (χ3n) is 3.88. The number of hydrogen-bond donors (Lipinski definition) is 0. The average Bonchev–Trinajstić information content (AvgIpc) is 3.05. The highest BCUT2D eigenvalue weighted by atomic mass is 35.5. The Morgan fingerprint density at radius 3 is 2.64 bits per heavy atom. The topological polar surface area (TPSA) is 34.9 Å². The summed E-state index contributed by atoms with van der Waals surface area (Å²) in [6, 6.07) is 9.16. The largest absolute Gasteiger partial charge is 0.294 e. The number of carbonyl (C=O) groups excluding carboxylic acids is 1. The first-order valence-electron chi connectivity index (χ1n) is 7.98. The van der Waals surface area contributed by atoms with Gasteiger partial charge in [0.05, 0.1) is 6.04 Å². The molecule has 0 amide bonds. The lowest BCUT2D eigenvalue weighted by atomic mass is 9.99. The number of Topliss-reactive ketones (excluding diaryl/α,β-unsaturated/α-hetero) is 1. The van der Waals surface area contributed by atoms with Crippen LogP contribution in [-0.2, 0) is 0 Å². The second-order valence-electron chi connectivity index (χ2n) is 5.62. The van der Waals surface area contributed by atoms with Gasteiger partial charge in [0.15, 0.2) is 5.78 Å². The number of nitrogens with zero attached hydrogens (tertiary/aromatic N) is 2. The fraction of sp³-hybridized carbons (Fsp3) is 0.444. The summed E-state index contributed by atoms with van der Waals surface area (Å²) in [4.78, 5) is 12.5. The van der Waals surface area contributed by atoms with Crippen molar-refractivity contribution in [3.05, 3.63) is 53.3 Å². The molecule has 0 fully saturated rings. The van der Waals surface area contributed by atoms with E-state index in [1.807, 2.05) is 16.9 Å². The maximum atomic E-state index is 12.5. The molecule has 1 unspecified atom stereocenters. The molecule has 118 valence electrons. The second kappa shape index (κ2) is 8.74. The number of halogens is 1. The Kier molecular flexibility index (Phi) is 6.66. The first-order chi connectivity index (χ1) is 10.7. The van der Waals surface area contributed by atoms with E-state index < -0.39 is 0 Å². The first-order valence-corrected chi connectivity index (χ1v) is 8.36. The molecule has 22 heavy (non-hydrogen) atoms. The van der Waals surface area contributed by atoms with E-state index in [2.05, 4.69) is 12.0 Å². The fourth-order valence-electron chi connectivity index (χ4n) is 2.60. The Balaban J connectivity index is 1.99. The van der Waals surface area contributed by atoms with Crippen LogP contribution in [0.5, 0.6) is 0 Å². The lowest BCUT2D eigenvalue weighted by molar-refractivity contribution is 0.0957. The van der Waals surface area contributed by atoms with E-state index >= 15 is 0 Å². The fourth-order valence-corrected chi connectivity index (χ4v) is 2.72. The van der Waals surface area contributed by atoms with E-state index in [0.29, 0.717) is 11.4 Å². The van der Waals surface area contributed by atoms with Crippen molar-refractivity contribution in [1.82, 2.24) is 9.78 Å². The van der Waals surface area contributed by atoms with Crippen LogP contribution in [0.15, 0.2) is 42.7 Å². The molecule has 0 N–H and O–H groups in total. The summed E-state index contributed by atoms with van der Waals surface area (Å²) in [6.45, 7) is 2.20. The SMILES string of the molecule is CCCCCCC(CC(=O)c1ccc(Cl)cc1)n1cccn1. The van der Waals surface area contributed by atoms with E-state index in [4.69, 9.17) is 11.6 Å². The molecule has 1 aromatic carbocycles. The summed E-state index contributed by atoms with van der Waals surface area (Å²) in [7, 11) is 0. The number of carbonyl (C=O) groups is 1. The number of ketones is 1. The zero-order valence-corrected chi connectivity index (χ0v) is 13.8. The predicted octanol–water partition coefficient (Wildman–Crippen LogP) is 5.32. The quantitative estimate of drug-likeness (QED) is 0.463. The third-order valence-corrected chi connectivity index (χ3v) is 4.13. The van der Waals surface area contributed by atoms with Crippen LogP contribution in [-0.4, -0.2) is 15.6 Å². The molecule has 0 radical (unpaired) electrons. The Bertz CT molecular complexity index is 563. The molecule has 0 aliphatic rings. The number of rotatable bonds is 9. The summed E-state index contributed by atoms with van der Waals surface area (Å²) in [6.07, 6.45) is 9.99. The van der Waals surface area contributed by atoms with Crippen molar-refractivity contribution in [3.63, 3.8) is 0 Å². The summed E-state index contributed by atoms with van der Waals surface area (Å²) in [5.41, 5.74) is 0.718. The van der Waals surface area contributed by atoms with Gasteiger partial charge in [-0.1, -0.05) is 44.2 Å². The zero-order chi connectivity index (χ0) is 15.8. The lowest BCUT2D eigenvalue weighted by Crippen LogP contribution is -2.15. The molecule has 0 aliphatic carbocycles. The minimum absolute atomic E-state index is 0.134. The van der Waals surface area contributed by atoms with Gasteiger partial charge in [0.1, 0.15) is 0 Å². The number of unbranched alkanes of at least 4 members (excludes halogenated alkanes) is 3. The van der Waals surface area contributed by atoms with Gasteiger partial charge in [0, 0.05) is 29.4 Å². The van der Waals surface area contributed by atoms with Crippen LogP contribution in [0, 0.1) is 0 Å². The maximum Gasteiger partial charge on any atom is 0.165 e. The van der Waals surface area contributed by atoms with E-state index in [1.54, 1.807) is 30.5 Å². The van der Waals surface area contributed by atoms with Gasteiger partial charge in [-0.05, 0) is 36.8 Å². The van der Waals surface area contributed by atoms with Crippen molar-refractivity contribution >= 4 is 17.4 Å². The first kappa shape index (κ1) is 16.8. The van der Waals surface area contributed by atoms with Gasteiger partial charge >= 0.3 is 0 Å². The molecule has 3 nitrogen and oxygen atoms in total. The normalized spacial score (nSPS) is 12.3. The smallest absolute Gasteiger partial charge is 0.165 e. The third kappa shape index (κ3) is 4.99. The van der Waals surface area contributed by atoms with Crippen molar-refractivity contribution in [2.24, 2.45) is 0 Å². The molecular formula is C18H23ClN2O. The standard InChI is InChI=1S/C18H23ClN2O/c1-2-3-4-5-7-17(21-13-6-12-20-21)14-18(22)15-8-10-16(19)11-9-15/h6,8-13,17H,2-5,7,14H2,1H3. The van der Waals surface area contributed by atoms with Gasteiger partial charge < -0.3 is 0 Å². The van der Waals surface area contributed by atoms with Crippen molar-refractivity contribution in [3.8, 4) is 0 Å². The molecular weight excluding hydrogens is 296 g/mol. The van der Waals surface area contributed by atoms with Crippen LogP contribution >= 0.6 is 11.6 Å². The monoisotopic (exact) mass is 318 g/mol. The van der Waals surface area contributed by atoms with Gasteiger partial charge in [-0.15, -0.1) is 0 Å². The summed E-state index contributed by atoms with van der Waals surface area (Å²) < 4.78 is 1.92. The number of benzene rings is 1. The van der Waals surface area contributed by atoms with Crippen molar-refractivity contribution in [2.75, 3.05) is 0 Å². The molecule has 2 aromatic rings. The molecule has 1 atom stereocenters. The highest BCUT2D eigenvalue weighted by Crippen LogP contribution is 2.22. The van der Waals surface area contributed by atoms with E-state index in [0.717, 1.165) is 18.4 Å². The van der Waals surface area contributed by atoms with Gasteiger partial charge in [0.25, 0.3) is 0 Å². The second-order valence-corrected chi connectivity index (χ2v) is 6.06. The molecule has 0 saturated heterocycles. The highest BCUT2D eigenvalue weighted by molar-refractivity contribution is 6.30. The van der Waals surface area contributed by atoms with Crippen molar-refractivity contribution in [1.29, 1.82) is 0 Å². The molecule has 0 aliphatic heterocycles. The molecule has 0 spiro atoms. The van der Waals surface area contributed by atoms with Crippen LogP contribution in [0.1, 0.15) is 61.8 Å². The van der Waals surface area contributed by atoms with E-state index in [9.17, 15) is 4.79 Å². The number of hydrogen-bond acceptors (Lipinski definition) is 2. The minimum atomic E-state index is 0.134. The summed E-state index contributed by atoms with van der Waals surface area (Å²) >= 11 is 5.88. The van der Waals surface area contributed by atoms with Gasteiger partial charge in [0.2, 0.25) is 0 Å². The Morgan fingerprint density at radius 2 is 2.00 bits per heavy atom. The molecule has 4 heteroatoms. The predicted molar refractivity (Wildman–Crippen MR) is 90.4 cm³/mol. The summed E-state index contributed by atoms with van der Waals surface area (Å²) in [5, 5.41) is 4.97. The average molecular weight is 319 g/mol. The maximum absolute atomic E-state index is 12.5. The molecule has 0 bridgehead atoms. The molecule has 0 saturated carbocycles. The van der Waals surface area contributed by atoms with Crippen LogP contribution in [0.3, 0.4) is 0 Å². The molecule has 1 aromatic heterocycles. The number of aromatic nitrogens is 2. The Morgan fingerprint density at radius 1 is 1.23 bits per heavy atom. The van der Waals surface area contributed by atoms with E-state index in [-0.39, 0.29) is 11.8 Å². The Hall–Kier alpha value is -1.61. The van der Waals surface area contributed by atoms with Crippen molar-refractivity contribution < 1.29 is 4.79 Å². The molecule has 2 rings (SSSR count). The van der Waals surface area contributed by atoms with Crippen LogP contribution in [0.25, 0.3) is 0 Å². The lowest BCUT2D eigenvalue weighted by Gasteiger charge is -2.17. The van der Waals surface area contributed by atoms with Crippen molar-refractivity contribution in [2.45, 2.75) is 51.5 Å². The van der Waals surface area contributed by atoms with Crippen LogP contribution in [0.2, 0.25) is 5.02 Å². The molecule has 1 heterocycles. The van der Waals surface area contributed by atoms with Crippen LogP contribution < -0.4 is 0 Å². The Labute approximate surface area is 137 Å². The van der Waals surface area contributed by atoms with Crippen LogP contribution in [0.4, 0.5) is 0 Å². The highest BCUT2D eigenvalue weighted by Gasteiger charge is 2.17. The van der Waals surface area contributed by atoms with Gasteiger partial charge in [-0.2, -0.15) is 5.10 Å². The zero-order valence-electron chi connectivity index (χ0n) is 13.0. The summed E-state index contributed by atoms with van der Waals surface area (Å²) in [5.74, 6) is 0.146. The van der Waals surface area contributed by atoms with E-state index in [1.165, 1.54) is 19.3 Å². The van der Waals surface area contributed by atoms with Gasteiger partial charge in [-0.3, -0.25) is 9.48 Å². The van der Waals surface area contributed by atoms with Gasteiger partial charge in [-0.25, -0.2) is 0 Å².